The lowest BCUT2D eigenvalue weighted by Gasteiger charge is -2.21. The summed E-state index contributed by atoms with van der Waals surface area (Å²) < 4.78 is 0. The average Bonchev–Trinajstić information content (AvgIpc) is 2.80. The van der Waals surface area contributed by atoms with Crippen LogP contribution in [0.15, 0.2) is 10.9 Å². The first kappa shape index (κ1) is 10.6. The van der Waals surface area contributed by atoms with E-state index in [4.69, 9.17) is 0 Å². The summed E-state index contributed by atoms with van der Waals surface area (Å²) in [5, 5.41) is 8.11. The number of nitrogens with zero attached hydrogens (tertiary/aromatic N) is 1. The molecule has 0 spiro atoms. The number of carbonyl (C=O) groups excluding carboxylic acids is 1. The fourth-order valence-electron chi connectivity index (χ4n) is 1.72. The first-order valence-corrected chi connectivity index (χ1v) is 6.16. The number of piperidine rings is 1. The number of thiazole rings is 1. The van der Waals surface area contributed by atoms with Crippen LogP contribution in [0, 0.1) is 5.92 Å². The number of carbonyl (C=O) groups is 1. The standard InChI is InChI=1S/C10H15N3OS/c14-10(8-2-1-3-11-4-8)12-5-9-6-15-7-13-9/h6-8,11H,1-5H2,(H,12,14)/t8-/m0/s1. The number of aromatic nitrogens is 1. The second kappa shape index (κ2) is 5.23. The van der Waals surface area contributed by atoms with Gasteiger partial charge in [0.25, 0.3) is 0 Å². The van der Waals surface area contributed by atoms with Crippen molar-refractivity contribution in [2.24, 2.45) is 5.92 Å². The summed E-state index contributed by atoms with van der Waals surface area (Å²) in [6, 6.07) is 0. The van der Waals surface area contributed by atoms with E-state index in [2.05, 4.69) is 15.6 Å². The van der Waals surface area contributed by atoms with Gasteiger partial charge in [-0.05, 0) is 19.4 Å². The minimum Gasteiger partial charge on any atom is -0.350 e. The van der Waals surface area contributed by atoms with E-state index >= 15 is 0 Å². The van der Waals surface area contributed by atoms with Crippen molar-refractivity contribution in [3.8, 4) is 0 Å². The van der Waals surface area contributed by atoms with Crippen molar-refractivity contribution in [2.75, 3.05) is 13.1 Å². The fraction of sp³-hybridized carbons (Fsp3) is 0.600. The summed E-state index contributed by atoms with van der Waals surface area (Å²) in [5.74, 6) is 0.285. The molecule has 2 rings (SSSR count). The van der Waals surface area contributed by atoms with Gasteiger partial charge in [-0.15, -0.1) is 11.3 Å². The molecule has 82 valence electrons. The van der Waals surface area contributed by atoms with Gasteiger partial charge in [-0.3, -0.25) is 4.79 Å². The number of rotatable bonds is 3. The zero-order valence-electron chi connectivity index (χ0n) is 8.53. The van der Waals surface area contributed by atoms with Crippen molar-refractivity contribution in [1.82, 2.24) is 15.6 Å². The molecule has 0 aliphatic carbocycles. The van der Waals surface area contributed by atoms with Gasteiger partial charge in [-0.2, -0.15) is 0 Å². The van der Waals surface area contributed by atoms with E-state index in [0.29, 0.717) is 6.54 Å². The maximum Gasteiger partial charge on any atom is 0.224 e. The van der Waals surface area contributed by atoms with Gasteiger partial charge in [0.15, 0.2) is 0 Å². The van der Waals surface area contributed by atoms with Crippen LogP contribution in [0.25, 0.3) is 0 Å². The summed E-state index contributed by atoms with van der Waals surface area (Å²) in [4.78, 5) is 15.8. The van der Waals surface area contributed by atoms with Gasteiger partial charge < -0.3 is 10.6 Å². The van der Waals surface area contributed by atoms with Crippen molar-refractivity contribution >= 4 is 17.2 Å². The zero-order chi connectivity index (χ0) is 10.5. The number of hydrogen-bond donors (Lipinski definition) is 2. The Morgan fingerprint density at radius 1 is 1.73 bits per heavy atom. The van der Waals surface area contributed by atoms with Crippen LogP contribution in [-0.2, 0) is 11.3 Å². The van der Waals surface area contributed by atoms with Gasteiger partial charge in [0.1, 0.15) is 0 Å². The predicted molar refractivity (Wildman–Crippen MR) is 59.6 cm³/mol. The molecule has 4 nitrogen and oxygen atoms in total. The lowest BCUT2D eigenvalue weighted by molar-refractivity contribution is -0.125. The molecule has 1 aromatic heterocycles. The molecule has 0 radical (unpaired) electrons. The molecule has 5 heteroatoms. The van der Waals surface area contributed by atoms with Crippen LogP contribution in [0.1, 0.15) is 18.5 Å². The van der Waals surface area contributed by atoms with Crippen LogP contribution >= 0.6 is 11.3 Å². The molecule has 0 bridgehead atoms. The second-order valence-electron chi connectivity index (χ2n) is 3.74. The van der Waals surface area contributed by atoms with Crippen LogP contribution in [0.2, 0.25) is 0 Å². The lowest BCUT2D eigenvalue weighted by atomic mass is 9.99. The third-order valence-electron chi connectivity index (χ3n) is 2.59. The molecule has 1 saturated heterocycles. The fourth-order valence-corrected chi connectivity index (χ4v) is 2.28. The van der Waals surface area contributed by atoms with E-state index in [0.717, 1.165) is 31.6 Å². The highest BCUT2D eigenvalue weighted by molar-refractivity contribution is 7.07. The Morgan fingerprint density at radius 3 is 3.33 bits per heavy atom. The summed E-state index contributed by atoms with van der Waals surface area (Å²) in [6.45, 7) is 2.40. The van der Waals surface area contributed by atoms with Crippen LogP contribution < -0.4 is 10.6 Å². The van der Waals surface area contributed by atoms with Gasteiger partial charge in [0, 0.05) is 11.9 Å². The van der Waals surface area contributed by atoms with Crippen molar-refractivity contribution in [1.29, 1.82) is 0 Å². The van der Waals surface area contributed by atoms with E-state index < -0.39 is 0 Å². The average molecular weight is 225 g/mol. The first-order chi connectivity index (χ1) is 7.36. The summed E-state index contributed by atoms with van der Waals surface area (Å²) >= 11 is 1.55. The highest BCUT2D eigenvalue weighted by Crippen LogP contribution is 2.10. The van der Waals surface area contributed by atoms with E-state index in [1.165, 1.54) is 0 Å². The van der Waals surface area contributed by atoms with Crippen LogP contribution in [-0.4, -0.2) is 24.0 Å². The summed E-state index contributed by atoms with van der Waals surface area (Å²) in [7, 11) is 0. The summed E-state index contributed by atoms with van der Waals surface area (Å²) in [6.07, 6.45) is 2.09. The minimum absolute atomic E-state index is 0.136. The molecule has 0 unspecified atom stereocenters. The largest absolute Gasteiger partial charge is 0.350 e. The molecule has 2 heterocycles. The Bertz CT molecular complexity index is 306. The molecule has 0 saturated carbocycles. The molecule has 1 aliphatic rings. The maximum absolute atomic E-state index is 11.7. The Kier molecular flexibility index (Phi) is 3.69. The van der Waals surface area contributed by atoms with Gasteiger partial charge in [-0.25, -0.2) is 4.98 Å². The molecule has 2 N–H and O–H groups in total. The molecule has 0 aromatic carbocycles. The maximum atomic E-state index is 11.7. The third kappa shape index (κ3) is 3.00. The van der Waals surface area contributed by atoms with E-state index in [1.807, 2.05) is 5.38 Å². The molecule has 1 aliphatic heterocycles. The highest BCUT2D eigenvalue weighted by Gasteiger charge is 2.20. The van der Waals surface area contributed by atoms with Crippen LogP contribution in [0.5, 0.6) is 0 Å². The third-order valence-corrected chi connectivity index (χ3v) is 3.23. The van der Waals surface area contributed by atoms with Gasteiger partial charge in [-0.1, -0.05) is 0 Å². The molecular weight excluding hydrogens is 210 g/mol. The number of nitrogens with one attached hydrogen (secondary N) is 2. The molecule has 15 heavy (non-hydrogen) atoms. The van der Waals surface area contributed by atoms with E-state index in [1.54, 1.807) is 16.8 Å². The van der Waals surface area contributed by atoms with E-state index in [-0.39, 0.29) is 11.8 Å². The monoisotopic (exact) mass is 225 g/mol. The molecule has 1 amide bonds. The predicted octanol–water partition coefficient (Wildman–Crippen LogP) is 0.759. The molecule has 1 atom stereocenters. The Hall–Kier alpha value is -0.940. The topological polar surface area (TPSA) is 54.0 Å². The van der Waals surface area contributed by atoms with Crippen LogP contribution in [0.3, 0.4) is 0 Å². The number of amides is 1. The van der Waals surface area contributed by atoms with E-state index in [9.17, 15) is 4.79 Å². The van der Waals surface area contributed by atoms with Crippen molar-refractivity contribution in [2.45, 2.75) is 19.4 Å². The Labute approximate surface area is 93.1 Å². The minimum atomic E-state index is 0.136. The zero-order valence-corrected chi connectivity index (χ0v) is 9.35. The van der Waals surface area contributed by atoms with Gasteiger partial charge in [0.05, 0.1) is 23.7 Å². The second-order valence-corrected chi connectivity index (χ2v) is 4.46. The van der Waals surface area contributed by atoms with Gasteiger partial charge in [0.2, 0.25) is 5.91 Å². The quantitative estimate of drug-likeness (QED) is 0.798. The smallest absolute Gasteiger partial charge is 0.224 e. The Balaban J connectivity index is 1.76. The summed E-state index contributed by atoms with van der Waals surface area (Å²) in [5.41, 5.74) is 2.72. The SMILES string of the molecule is O=C(NCc1cscn1)[C@H]1CCCNC1. The molecular formula is C10H15N3OS. The van der Waals surface area contributed by atoms with Crippen molar-refractivity contribution < 1.29 is 4.79 Å². The first-order valence-electron chi connectivity index (χ1n) is 5.22. The van der Waals surface area contributed by atoms with Crippen molar-refractivity contribution in [3.63, 3.8) is 0 Å². The lowest BCUT2D eigenvalue weighted by Crippen LogP contribution is -2.40. The Morgan fingerprint density at radius 2 is 2.67 bits per heavy atom. The highest BCUT2D eigenvalue weighted by atomic mass is 32.1. The molecule has 1 aromatic rings. The van der Waals surface area contributed by atoms with Gasteiger partial charge >= 0.3 is 0 Å². The van der Waals surface area contributed by atoms with Crippen LogP contribution in [0.4, 0.5) is 0 Å². The molecule has 1 fully saturated rings. The normalized spacial score (nSPS) is 21.2. The number of hydrogen-bond acceptors (Lipinski definition) is 4. The van der Waals surface area contributed by atoms with Crippen molar-refractivity contribution in [3.05, 3.63) is 16.6 Å².